The number of ether oxygens (including phenoxy) is 1. The number of terminal acetylenes is 1. The molecule has 3 aromatic carbocycles. The van der Waals surface area contributed by atoms with E-state index in [0.717, 1.165) is 32.7 Å². The first-order valence-corrected chi connectivity index (χ1v) is 13.6. The van der Waals surface area contributed by atoms with Crippen LogP contribution in [0.1, 0.15) is 60.2 Å². The Morgan fingerprint density at radius 2 is 1.46 bits per heavy atom. The summed E-state index contributed by atoms with van der Waals surface area (Å²) in [4.78, 5) is 42.2. The second kappa shape index (κ2) is 13.2. The van der Waals surface area contributed by atoms with E-state index in [-0.39, 0.29) is 6.42 Å². The van der Waals surface area contributed by atoms with Crippen LogP contribution in [-0.4, -0.2) is 34.5 Å². The predicted molar refractivity (Wildman–Crippen MR) is 162 cm³/mol. The standard InChI is InChI=1S/C34H39N3O4/c1-9-37(32(39)28(21-26-18-11-10-12-19-26)35-33(40)41-34(6,7)8)30(27-20-14-15-22(2)25(27)5)31(38)36-29-23(3)16-13-17-24(29)4/h1,10-20,28,30H,21H2,2-8H3,(H,35,40)(H,36,38). The number of carbonyl (C=O) groups is 3. The summed E-state index contributed by atoms with van der Waals surface area (Å²) in [5.41, 5.74) is 4.83. The summed E-state index contributed by atoms with van der Waals surface area (Å²) in [6, 6.07) is 20.8. The van der Waals surface area contributed by atoms with Crippen LogP contribution in [0.5, 0.6) is 0 Å². The number of para-hydroxylation sites is 1. The lowest BCUT2D eigenvalue weighted by molar-refractivity contribution is -0.136. The summed E-state index contributed by atoms with van der Waals surface area (Å²) in [7, 11) is 0. The summed E-state index contributed by atoms with van der Waals surface area (Å²) in [5.74, 6) is -1.07. The Balaban J connectivity index is 2.08. The number of nitrogens with one attached hydrogen (secondary N) is 2. The first kappa shape index (κ1) is 31.0. The number of rotatable bonds is 8. The van der Waals surface area contributed by atoms with Gasteiger partial charge in [-0.15, -0.1) is 0 Å². The number of hydrogen-bond acceptors (Lipinski definition) is 4. The maximum atomic E-state index is 14.2. The topological polar surface area (TPSA) is 87.7 Å². The van der Waals surface area contributed by atoms with E-state index in [1.807, 2.05) is 88.4 Å². The fourth-order valence-corrected chi connectivity index (χ4v) is 4.60. The Hall–Kier alpha value is -4.57. The third-order valence-electron chi connectivity index (χ3n) is 6.83. The van der Waals surface area contributed by atoms with E-state index in [2.05, 4.69) is 16.7 Å². The highest BCUT2D eigenvalue weighted by molar-refractivity contribution is 6.00. The zero-order valence-electron chi connectivity index (χ0n) is 24.9. The Morgan fingerprint density at radius 3 is 2.05 bits per heavy atom. The molecule has 2 N–H and O–H groups in total. The maximum absolute atomic E-state index is 14.2. The van der Waals surface area contributed by atoms with Gasteiger partial charge >= 0.3 is 6.09 Å². The van der Waals surface area contributed by atoms with Crippen LogP contribution in [0, 0.1) is 40.2 Å². The molecule has 0 aromatic heterocycles. The molecule has 0 bridgehead atoms. The lowest BCUT2D eigenvalue weighted by Crippen LogP contribution is -2.52. The van der Waals surface area contributed by atoms with Crippen LogP contribution in [0.15, 0.2) is 66.7 Å². The number of aryl methyl sites for hydroxylation is 3. The summed E-state index contributed by atoms with van der Waals surface area (Å²) < 4.78 is 5.45. The maximum Gasteiger partial charge on any atom is 0.408 e. The molecule has 0 saturated carbocycles. The van der Waals surface area contributed by atoms with Crippen molar-refractivity contribution in [1.82, 2.24) is 10.2 Å². The Kier molecular flexibility index (Phi) is 9.96. The Bertz CT molecular complexity index is 1430. The van der Waals surface area contributed by atoms with Crippen molar-refractivity contribution in [2.45, 2.75) is 72.6 Å². The molecule has 0 aliphatic heterocycles. The SMILES string of the molecule is C#CN(C(=O)C(Cc1ccccc1)NC(=O)OC(C)(C)C)C(C(=O)Nc1c(C)cccc1C)c1cccc(C)c1C. The normalized spacial score (nSPS) is 12.4. The molecule has 0 heterocycles. The van der Waals surface area contributed by atoms with Gasteiger partial charge in [-0.05, 0) is 81.8 Å². The van der Waals surface area contributed by atoms with Crippen molar-refractivity contribution in [2.75, 3.05) is 5.32 Å². The van der Waals surface area contributed by atoms with Crippen LogP contribution in [0.3, 0.4) is 0 Å². The lowest BCUT2D eigenvalue weighted by Gasteiger charge is -2.31. The van der Waals surface area contributed by atoms with Crippen molar-refractivity contribution >= 4 is 23.6 Å². The molecule has 0 radical (unpaired) electrons. The van der Waals surface area contributed by atoms with E-state index in [4.69, 9.17) is 11.2 Å². The fourth-order valence-electron chi connectivity index (χ4n) is 4.60. The first-order chi connectivity index (χ1) is 19.3. The monoisotopic (exact) mass is 553 g/mol. The highest BCUT2D eigenvalue weighted by Crippen LogP contribution is 2.30. The molecular formula is C34H39N3O4. The molecule has 7 heteroatoms. The van der Waals surface area contributed by atoms with Crippen molar-refractivity contribution in [3.63, 3.8) is 0 Å². The lowest BCUT2D eigenvalue weighted by atomic mass is 9.94. The van der Waals surface area contributed by atoms with Gasteiger partial charge in [0.05, 0.1) is 0 Å². The highest BCUT2D eigenvalue weighted by atomic mass is 16.6. The van der Waals surface area contributed by atoms with Crippen molar-refractivity contribution < 1.29 is 19.1 Å². The molecule has 3 amide bonds. The number of nitrogens with zero attached hydrogens (tertiary/aromatic N) is 1. The molecule has 2 atom stereocenters. The van der Waals surface area contributed by atoms with Gasteiger partial charge in [-0.3, -0.25) is 14.5 Å². The molecule has 41 heavy (non-hydrogen) atoms. The molecule has 0 aliphatic carbocycles. The van der Waals surface area contributed by atoms with Gasteiger partial charge in [0.25, 0.3) is 11.8 Å². The van der Waals surface area contributed by atoms with Crippen LogP contribution < -0.4 is 10.6 Å². The molecule has 0 saturated heterocycles. The molecule has 214 valence electrons. The van der Waals surface area contributed by atoms with E-state index < -0.39 is 35.6 Å². The average Bonchev–Trinajstić information content (AvgIpc) is 2.90. The number of carbonyl (C=O) groups excluding carboxylic acids is 3. The molecular weight excluding hydrogens is 514 g/mol. The van der Waals surface area contributed by atoms with Crippen LogP contribution in [0.25, 0.3) is 0 Å². The predicted octanol–water partition coefficient (Wildman–Crippen LogP) is 6.16. The molecule has 3 aromatic rings. The molecule has 2 unspecified atom stereocenters. The van der Waals surface area contributed by atoms with Crippen molar-refractivity contribution in [3.05, 3.63) is 100 Å². The van der Waals surface area contributed by atoms with Crippen LogP contribution >= 0.6 is 0 Å². The number of benzene rings is 3. The zero-order valence-corrected chi connectivity index (χ0v) is 24.9. The van der Waals surface area contributed by atoms with Crippen molar-refractivity contribution in [2.24, 2.45) is 0 Å². The second-order valence-corrected chi connectivity index (χ2v) is 11.2. The van der Waals surface area contributed by atoms with Gasteiger partial charge in [0.15, 0.2) is 0 Å². The summed E-state index contributed by atoms with van der Waals surface area (Å²) in [6.07, 6.45) is 5.38. The van der Waals surface area contributed by atoms with Crippen LogP contribution in [-0.2, 0) is 20.7 Å². The molecule has 0 aliphatic rings. The first-order valence-electron chi connectivity index (χ1n) is 13.6. The van der Waals surface area contributed by atoms with Gasteiger partial charge in [0, 0.05) is 18.2 Å². The van der Waals surface area contributed by atoms with E-state index >= 15 is 0 Å². The van der Waals surface area contributed by atoms with Gasteiger partial charge in [-0.25, -0.2) is 4.79 Å². The van der Waals surface area contributed by atoms with Gasteiger partial charge < -0.3 is 15.4 Å². The average molecular weight is 554 g/mol. The van der Waals surface area contributed by atoms with Crippen LogP contribution in [0.2, 0.25) is 0 Å². The second-order valence-electron chi connectivity index (χ2n) is 11.2. The smallest absolute Gasteiger partial charge is 0.408 e. The van der Waals surface area contributed by atoms with E-state index in [1.54, 1.807) is 26.8 Å². The number of hydrogen-bond donors (Lipinski definition) is 2. The minimum Gasteiger partial charge on any atom is -0.444 e. The molecule has 0 fully saturated rings. The number of anilines is 1. The van der Waals surface area contributed by atoms with E-state index in [0.29, 0.717) is 11.3 Å². The van der Waals surface area contributed by atoms with Gasteiger partial charge in [0.2, 0.25) is 0 Å². The summed E-state index contributed by atoms with van der Waals surface area (Å²) in [6.45, 7) is 12.8. The van der Waals surface area contributed by atoms with Gasteiger partial charge in [-0.2, -0.15) is 0 Å². The summed E-state index contributed by atoms with van der Waals surface area (Å²) >= 11 is 0. The zero-order chi connectivity index (χ0) is 30.3. The third kappa shape index (κ3) is 7.98. The van der Waals surface area contributed by atoms with Gasteiger partial charge in [-0.1, -0.05) is 73.2 Å². The van der Waals surface area contributed by atoms with E-state index in [9.17, 15) is 14.4 Å². The summed E-state index contributed by atoms with van der Waals surface area (Å²) in [5, 5.41) is 5.71. The molecule has 7 nitrogen and oxygen atoms in total. The fraction of sp³-hybridized carbons (Fsp3) is 0.324. The highest BCUT2D eigenvalue weighted by Gasteiger charge is 2.37. The van der Waals surface area contributed by atoms with Crippen LogP contribution in [0.4, 0.5) is 10.5 Å². The minimum absolute atomic E-state index is 0.148. The van der Waals surface area contributed by atoms with E-state index in [1.165, 1.54) is 0 Å². The van der Waals surface area contributed by atoms with Crippen molar-refractivity contribution in [3.8, 4) is 12.5 Å². The van der Waals surface area contributed by atoms with Crippen molar-refractivity contribution in [1.29, 1.82) is 0 Å². The third-order valence-corrected chi connectivity index (χ3v) is 6.83. The number of amides is 3. The Labute approximate surface area is 243 Å². The largest absolute Gasteiger partial charge is 0.444 e. The van der Waals surface area contributed by atoms with Gasteiger partial charge in [0.1, 0.15) is 17.7 Å². The number of alkyl carbamates (subject to hydrolysis) is 1. The molecule has 0 spiro atoms. The molecule has 3 rings (SSSR count). The quantitative estimate of drug-likeness (QED) is 0.259. The Morgan fingerprint density at radius 1 is 0.878 bits per heavy atom. The minimum atomic E-state index is -1.16.